The number of nitrogens with two attached hydrogens (primary N) is 1. The fraction of sp³-hybridized carbons (Fsp3) is 0.333. The lowest BCUT2D eigenvalue weighted by Crippen LogP contribution is -2.23. The van der Waals surface area contributed by atoms with Gasteiger partial charge in [-0.25, -0.2) is 9.78 Å². The molecule has 1 aromatic heterocycles. The molecule has 1 saturated carbocycles. The van der Waals surface area contributed by atoms with E-state index in [0.717, 1.165) is 24.1 Å². The highest BCUT2D eigenvalue weighted by Crippen LogP contribution is 2.26. The Labute approximate surface area is 155 Å². The quantitative estimate of drug-likeness (QED) is 0.681. The number of cyclic esters (lactones) is 1. The Morgan fingerprint density at radius 1 is 1.30 bits per heavy atom. The van der Waals surface area contributed by atoms with Crippen LogP contribution in [0.4, 0.5) is 22.2 Å². The van der Waals surface area contributed by atoms with E-state index in [2.05, 4.69) is 20.6 Å². The number of hydrogen-bond acceptors (Lipinski definition) is 7. The van der Waals surface area contributed by atoms with Gasteiger partial charge >= 0.3 is 6.09 Å². The van der Waals surface area contributed by atoms with Crippen molar-refractivity contribution in [2.75, 3.05) is 23.8 Å². The lowest BCUT2D eigenvalue weighted by Gasteiger charge is -2.13. The summed E-state index contributed by atoms with van der Waals surface area (Å²) in [4.78, 5) is 33.3. The van der Waals surface area contributed by atoms with Gasteiger partial charge in [0.05, 0.1) is 12.1 Å². The topological polar surface area (TPSA) is 122 Å². The Morgan fingerprint density at radius 3 is 2.70 bits per heavy atom. The highest BCUT2D eigenvalue weighted by molar-refractivity contribution is 5.97. The van der Waals surface area contributed by atoms with Crippen molar-refractivity contribution < 1.29 is 14.3 Å². The van der Waals surface area contributed by atoms with E-state index >= 15 is 0 Å². The molecule has 0 atom stereocenters. The van der Waals surface area contributed by atoms with Crippen molar-refractivity contribution in [2.24, 2.45) is 5.73 Å². The third-order valence-corrected chi connectivity index (χ3v) is 4.40. The summed E-state index contributed by atoms with van der Waals surface area (Å²) in [5.74, 6) is 0.264. The minimum atomic E-state index is -0.561. The fourth-order valence-electron chi connectivity index (χ4n) is 2.77. The normalized spacial score (nSPS) is 16.1. The van der Waals surface area contributed by atoms with Gasteiger partial charge in [-0.2, -0.15) is 4.98 Å². The summed E-state index contributed by atoms with van der Waals surface area (Å²) in [7, 11) is 0. The number of primary amides is 1. The van der Waals surface area contributed by atoms with Gasteiger partial charge < -0.3 is 26.0 Å². The first kappa shape index (κ1) is 17.1. The third-order valence-electron chi connectivity index (χ3n) is 4.40. The van der Waals surface area contributed by atoms with Gasteiger partial charge in [-0.15, -0.1) is 0 Å². The zero-order chi connectivity index (χ0) is 18.8. The Bertz CT molecular complexity index is 866. The molecule has 4 rings (SSSR count). The summed E-state index contributed by atoms with van der Waals surface area (Å²) in [6, 6.07) is 7.96. The molecule has 1 aliphatic heterocycles. The lowest BCUT2D eigenvalue weighted by molar-refractivity contribution is 0.100. The smallest absolute Gasteiger partial charge is 0.410 e. The van der Waals surface area contributed by atoms with Crippen LogP contribution in [0.25, 0.3) is 0 Å². The number of nitrogens with one attached hydrogen (secondary N) is 2. The van der Waals surface area contributed by atoms with Crippen LogP contribution in [0.2, 0.25) is 0 Å². The second-order valence-corrected chi connectivity index (χ2v) is 6.60. The molecule has 2 aliphatic rings. The second-order valence-electron chi connectivity index (χ2n) is 6.60. The molecule has 27 heavy (non-hydrogen) atoms. The Balaban J connectivity index is 1.45. The van der Waals surface area contributed by atoms with Gasteiger partial charge in [-0.3, -0.25) is 4.79 Å². The molecule has 9 heteroatoms. The van der Waals surface area contributed by atoms with E-state index in [1.807, 2.05) is 24.3 Å². The molecule has 2 aromatic rings. The van der Waals surface area contributed by atoms with Crippen LogP contribution in [0, 0.1) is 0 Å². The van der Waals surface area contributed by atoms with Crippen molar-refractivity contribution in [3.8, 4) is 0 Å². The minimum Gasteiger partial charge on any atom is -0.448 e. The first-order chi connectivity index (χ1) is 13.1. The third kappa shape index (κ3) is 4.08. The van der Waals surface area contributed by atoms with E-state index in [1.54, 1.807) is 4.90 Å². The van der Waals surface area contributed by atoms with Crippen molar-refractivity contribution in [3.63, 3.8) is 0 Å². The maximum Gasteiger partial charge on any atom is 0.410 e. The van der Waals surface area contributed by atoms with Gasteiger partial charge in [0.25, 0.3) is 5.91 Å². The predicted molar refractivity (Wildman–Crippen MR) is 98.7 cm³/mol. The van der Waals surface area contributed by atoms with Crippen LogP contribution in [0.1, 0.15) is 28.8 Å². The molecule has 2 heterocycles. The van der Waals surface area contributed by atoms with Crippen molar-refractivity contribution in [3.05, 3.63) is 41.6 Å². The molecule has 140 valence electrons. The number of carbonyl (C=O) groups is 2. The van der Waals surface area contributed by atoms with E-state index in [-0.39, 0.29) is 11.7 Å². The molecule has 1 saturated heterocycles. The zero-order valence-corrected chi connectivity index (χ0v) is 14.6. The Kier molecular flexibility index (Phi) is 4.49. The lowest BCUT2D eigenvalue weighted by atomic mass is 10.2. The van der Waals surface area contributed by atoms with Crippen LogP contribution in [-0.4, -0.2) is 46.1 Å². The number of anilines is 3. The number of amides is 2. The van der Waals surface area contributed by atoms with Gasteiger partial charge in [0.2, 0.25) is 5.95 Å². The van der Waals surface area contributed by atoms with Crippen LogP contribution in [-0.2, 0) is 11.3 Å². The number of benzene rings is 1. The minimum absolute atomic E-state index is 0.278. The maximum absolute atomic E-state index is 11.5. The SMILES string of the molecule is NC(=O)c1cnc(Nc2ccc(CN3CCOC3=O)cc2)nc1NC1CC1. The average molecular weight is 368 g/mol. The molecular weight excluding hydrogens is 348 g/mol. The van der Waals surface area contributed by atoms with Crippen molar-refractivity contribution in [1.29, 1.82) is 0 Å². The second kappa shape index (κ2) is 7.10. The molecule has 4 N–H and O–H groups in total. The zero-order valence-electron chi connectivity index (χ0n) is 14.6. The Hall–Kier alpha value is -3.36. The number of ether oxygens (including phenoxy) is 1. The van der Waals surface area contributed by atoms with Crippen LogP contribution in [0.5, 0.6) is 0 Å². The predicted octanol–water partition coefficient (Wildman–Crippen LogP) is 1.85. The number of nitrogens with zero attached hydrogens (tertiary/aromatic N) is 3. The van der Waals surface area contributed by atoms with Crippen LogP contribution < -0.4 is 16.4 Å². The van der Waals surface area contributed by atoms with Gasteiger partial charge in [-0.1, -0.05) is 12.1 Å². The number of aromatic nitrogens is 2. The number of rotatable bonds is 7. The molecule has 0 bridgehead atoms. The van der Waals surface area contributed by atoms with Crippen molar-refractivity contribution >= 4 is 29.5 Å². The van der Waals surface area contributed by atoms with Crippen LogP contribution >= 0.6 is 0 Å². The summed E-state index contributed by atoms with van der Waals surface area (Å²) in [6.45, 7) is 1.56. The largest absolute Gasteiger partial charge is 0.448 e. The molecule has 2 fully saturated rings. The monoisotopic (exact) mass is 368 g/mol. The summed E-state index contributed by atoms with van der Waals surface area (Å²) in [6.07, 6.45) is 3.25. The molecule has 9 nitrogen and oxygen atoms in total. The van der Waals surface area contributed by atoms with E-state index in [4.69, 9.17) is 10.5 Å². The van der Waals surface area contributed by atoms with Crippen LogP contribution in [0.3, 0.4) is 0 Å². The van der Waals surface area contributed by atoms with Crippen molar-refractivity contribution in [1.82, 2.24) is 14.9 Å². The maximum atomic E-state index is 11.5. The standard InChI is InChI=1S/C18H20N6O3/c19-15(25)14-9-20-17(23-16(14)21-12-5-6-12)22-13-3-1-11(2-4-13)10-24-7-8-27-18(24)26/h1-4,9,12H,5-8,10H2,(H2,19,25)(H2,20,21,22,23). The van der Waals surface area contributed by atoms with Crippen LogP contribution in [0.15, 0.2) is 30.5 Å². The first-order valence-corrected chi connectivity index (χ1v) is 8.79. The van der Waals surface area contributed by atoms with E-state index in [1.165, 1.54) is 6.20 Å². The highest BCUT2D eigenvalue weighted by Gasteiger charge is 2.24. The van der Waals surface area contributed by atoms with Gasteiger partial charge in [0.15, 0.2) is 0 Å². The summed E-state index contributed by atoms with van der Waals surface area (Å²) in [5.41, 5.74) is 7.47. The van der Waals surface area contributed by atoms with Gasteiger partial charge in [0, 0.05) is 24.5 Å². The molecule has 0 unspecified atom stereocenters. The molecule has 1 aliphatic carbocycles. The van der Waals surface area contributed by atoms with E-state index in [9.17, 15) is 9.59 Å². The van der Waals surface area contributed by atoms with Gasteiger partial charge in [0.1, 0.15) is 12.4 Å². The molecule has 1 aromatic carbocycles. The summed E-state index contributed by atoms with van der Waals surface area (Å²) < 4.78 is 4.93. The number of hydrogen-bond donors (Lipinski definition) is 3. The number of carbonyl (C=O) groups excluding carboxylic acids is 2. The van der Waals surface area contributed by atoms with E-state index < -0.39 is 5.91 Å². The van der Waals surface area contributed by atoms with Gasteiger partial charge in [-0.05, 0) is 30.5 Å². The molecular formula is C18H20N6O3. The molecule has 0 spiro atoms. The van der Waals surface area contributed by atoms with Crippen molar-refractivity contribution in [2.45, 2.75) is 25.4 Å². The average Bonchev–Trinajstić information content (AvgIpc) is 3.37. The molecule has 0 radical (unpaired) electrons. The fourth-order valence-corrected chi connectivity index (χ4v) is 2.77. The molecule has 2 amide bonds. The highest BCUT2D eigenvalue weighted by atomic mass is 16.6. The first-order valence-electron chi connectivity index (χ1n) is 8.79. The van der Waals surface area contributed by atoms with E-state index in [0.29, 0.717) is 37.5 Å². The Morgan fingerprint density at radius 2 is 2.07 bits per heavy atom. The summed E-state index contributed by atoms with van der Waals surface area (Å²) >= 11 is 0. The summed E-state index contributed by atoms with van der Waals surface area (Å²) in [5, 5.41) is 6.32.